The Labute approximate surface area is 200 Å². The summed E-state index contributed by atoms with van der Waals surface area (Å²) in [6.45, 7) is 2.40. The molecule has 0 saturated carbocycles. The largest absolute Gasteiger partial charge is 0.358 e. The first-order valence-corrected chi connectivity index (χ1v) is 11.3. The number of ether oxygens (including phenoxy) is 1. The number of aromatic nitrogens is 6. The van der Waals surface area contributed by atoms with Gasteiger partial charge in [0.25, 0.3) is 0 Å². The van der Waals surface area contributed by atoms with Gasteiger partial charge in [0.1, 0.15) is 24.4 Å². The number of rotatable bonds is 7. The molecule has 2 atom stereocenters. The quantitative estimate of drug-likeness (QED) is 0.365. The molecule has 1 aliphatic heterocycles. The van der Waals surface area contributed by atoms with Gasteiger partial charge in [0.2, 0.25) is 11.9 Å². The Hall–Kier alpha value is -4.19. The third-order valence-corrected chi connectivity index (χ3v) is 5.62. The van der Waals surface area contributed by atoms with Gasteiger partial charge in [-0.2, -0.15) is 0 Å². The maximum absolute atomic E-state index is 13.9. The molecule has 0 aliphatic carbocycles. The molecule has 2 unspecified atom stereocenters. The first-order chi connectivity index (χ1) is 17.1. The minimum Gasteiger partial charge on any atom is -0.358 e. The molecule has 35 heavy (non-hydrogen) atoms. The SMILES string of the molecule is CC(Nc1ncnc2c1ncn2C1CCCCO1)C(=O)Nc1ccc(F)cc1Nc1ncccn1. The van der Waals surface area contributed by atoms with E-state index in [1.165, 1.54) is 24.5 Å². The summed E-state index contributed by atoms with van der Waals surface area (Å²) in [7, 11) is 0. The highest BCUT2D eigenvalue weighted by molar-refractivity contribution is 5.99. The number of carbonyl (C=O) groups excluding carboxylic acids is 1. The number of fused-ring (bicyclic) bond motifs is 1. The molecule has 180 valence electrons. The number of hydrogen-bond acceptors (Lipinski definition) is 9. The highest BCUT2D eigenvalue weighted by Crippen LogP contribution is 2.28. The third-order valence-electron chi connectivity index (χ3n) is 5.62. The smallest absolute Gasteiger partial charge is 0.246 e. The van der Waals surface area contributed by atoms with E-state index in [-0.39, 0.29) is 18.1 Å². The summed E-state index contributed by atoms with van der Waals surface area (Å²) in [4.78, 5) is 34.2. The molecular formula is C23H24FN9O2. The van der Waals surface area contributed by atoms with Gasteiger partial charge in [0.15, 0.2) is 17.0 Å². The van der Waals surface area contributed by atoms with Crippen LogP contribution in [0.1, 0.15) is 32.4 Å². The monoisotopic (exact) mass is 477 g/mol. The average molecular weight is 478 g/mol. The molecule has 12 heteroatoms. The van der Waals surface area contributed by atoms with E-state index in [0.717, 1.165) is 19.3 Å². The van der Waals surface area contributed by atoms with Gasteiger partial charge in [0.05, 0.1) is 17.7 Å². The zero-order valence-electron chi connectivity index (χ0n) is 19.0. The predicted molar refractivity (Wildman–Crippen MR) is 128 cm³/mol. The Balaban J connectivity index is 1.32. The van der Waals surface area contributed by atoms with Crippen molar-refractivity contribution in [2.75, 3.05) is 22.6 Å². The van der Waals surface area contributed by atoms with E-state index in [2.05, 4.69) is 40.9 Å². The van der Waals surface area contributed by atoms with Crippen LogP contribution in [0.25, 0.3) is 11.2 Å². The lowest BCUT2D eigenvalue weighted by molar-refractivity contribution is -0.116. The highest BCUT2D eigenvalue weighted by atomic mass is 19.1. The number of anilines is 4. The third kappa shape index (κ3) is 5.01. The van der Waals surface area contributed by atoms with Crippen LogP contribution in [-0.4, -0.2) is 48.0 Å². The lowest BCUT2D eigenvalue weighted by Crippen LogP contribution is -2.32. The Bertz CT molecular complexity index is 1330. The molecule has 3 aromatic heterocycles. The number of hydrogen-bond donors (Lipinski definition) is 3. The minimum atomic E-state index is -0.685. The predicted octanol–water partition coefficient (Wildman–Crippen LogP) is 3.64. The summed E-state index contributed by atoms with van der Waals surface area (Å²) < 4.78 is 21.6. The molecule has 1 aromatic carbocycles. The van der Waals surface area contributed by atoms with Gasteiger partial charge in [-0.05, 0) is 50.5 Å². The van der Waals surface area contributed by atoms with Gasteiger partial charge in [-0.1, -0.05) is 0 Å². The van der Waals surface area contributed by atoms with Crippen molar-refractivity contribution in [3.63, 3.8) is 0 Å². The Kier molecular flexibility index (Phi) is 6.44. The van der Waals surface area contributed by atoms with Crippen molar-refractivity contribution in [3.05, 3.63) is 55.1 Å². The lowest BCUT2D eigenvalue weighted by atomic mass is 10.2. The van der Waals surface area contributed by atoms with Crippen molar-refractivity contribution in [2.24, 2.45) is 0 Å². The number of nitrogens with zero attached hydrogens (tertiary/aromatic N) is 6. The van der Waals surface area contributed by atoms with Crippen molar-refractivity contribution < 1.29 is 13.9 Å². The van der Waals surface area contributed by atoms with Crippen molar-refractivity contribution in [1.29, 1.82) is 0 Å². The van der Waals surface area contributed by atoms with Crippen LogP contribution in [0.5, 0.6) is 0 Å². The number of nitrogens with one attached hydrogen (secondary N) is 3. The van der Waals surface area contributed by atoms with Crippen LogP contribution in [0.4, 0.5) is 27.5 Å². The highest BCUT2D eigenvalue weighted by Gasteiger charge is 2.22. The van der Waals surface area contributed by atoms with Crippen LogP contribution in [0.15, 0.2) is 49.3 Å². The number of carbonyl (C=O) groups is 1. The maximum atomic E-state index is 13.9. The summed E-state index contributed by atoms with van der Waals surface area (Å²) in [5.74, 6) is -0.105. The lowest BCUT2D eigenvalue weighted by Gasteiger charge is -2.23. The number of amides is 1. The second-order valence-corrected chi connectivity index (χ2v) is 8.11. The molecule has 4 heterocycles. The summed E-state index contributed by atoms with van der Waals surface area (Å²) in [5.41, 5.74) is 1.89. The molecule has 3 N–H and O–H groups in total. The Morgan fingerprint density at radius 2 is 2.00 bits per heavy atom. The van der Waals surface area contributed by atoms with E-state index in [9.17, 15) is 9.18 Å². The molecule has 1 saturated heterocycles. The van der Waals surface area contributed by atoms with Crippen LogP contribution in [0.3, 0.4) is 0 Å². The fourth-order valence-electron chi connectivity index (χ4n) is 3.84. The fourth-order valence-corrected chi connectivity index (χ4v) is 3.84. The fraction of sp³-hybridized carbons (Fsp3) is 0.304. The second-order valence-electron chi connectivity index (χ2n) is 8.11. The molecule has 0 radical (unpaired) electrons. The molecule has 5 rings (SSSR count). The van der Waals surface area contributed by atoms with Crippen molar-refractivity contribution in [2.45, 2.75) is 38.5 Å². The van der Waals surface area contributed by atoms with Crippen LogP contribution >= 0.6 is 0 Å². The van der Waals surface area contributed by atoms with Crippen LogP contribution < -0.4 is 16.0 Å². The van der Waals surface area contributed by atoms with Gasteiger partial charge in [-0.15, -0.1) is 0 Å². The molecule has 0 bridgehead atoms. The normalized spacial score (nSPS) is 16.6. The van der Waals surface area contributed by atoms with Gasteiger partial charge in [0, 0.05) is 19.0 Å². The average Bonchev–Trinajstić information content (AvgIpc) is 3.32. The number of imidazole rings is 1. The molecule has 1 amide bonds. The second kappa shape index (κ2) is 9.97. The van der Waals surface area contributed by atoms with Gasteiger partial charge in [-0.25, -0.2) is 29.3 Å². The minimum absolute atomic E-state index is 0.116. The zero-order chi connectivity index (χ0) is 24.2. The first kappa shape index (κ1) is 22.6. The van der Waals surface area contributed by atoms with E-state index < -0.39 is 11.9 Å². The summed E-state index contributed by atoms with van der Waals surface area (Å²) in [5, 5.41) is 8.83. The maximum Gasteiger partial charge on any atom is 0.246 e. The van der Waals surface area contributed by atoms with Crippen LogP contribution in [-0.2, 0) is 9.53 Å². The molecule has 1 fully saturated rings. The molecule has 0 spiro atoms. The Morgan fingerprint density at radius 1 is 1.14 bits per heavy atom. The van der Waals surface area contributed by atoms with Gasteiger partial charge < -0.3 is 20.7 Å². The van der Waals surface area contributed by atoms with E-state index in [1.54, 1.807) is 31.7 Å². The van der Waals surface area contributed by atoms with Crippen LogP contribution in [0.2, 0.25) is 0 Å². The van der Waals surface area contributed by atoms with Crippen molar-refractivity contribution in [1.82, 2.24) is 29.5 Å². The topological polar surface area (TPSA) is 132 Å². The standard InChI is InChI=1S/C23H24FN9O2/c1-14(22(34)31-16-7-6-15(24)11-17(16)32-23-25-8-4-9-26-23)30-20-19-21(28-12-27-20)33(13-29-19)18-5-2-3-10-35-18/h4,6-9,11-14,18H,2-3,5,10H2,1H3,(H,31,34)(H,25,26,32)(H,27,28,30). The van der Waals surface area contributed by atoms with E-state index in [4.69, 9.17) is 4.74 Å². The van der Waals surface area contributed by atoms with Crippen molar-refractivity contribution >= 4 is 40.2 Å². The molecular weight excluding hydrogens is 453 g/mol. The van der Waals surface area contributed by atoms with Crippen LogP contribution in [0, 0.1) is 5.82 Å². The molecule has 1 aliphatic rings. The summed E-state index contributed by atoms with van der Waals surface area (Å²) in [6, 6.07) is 4.98. The summed E-state index contributed by atoms with van der Waals surface area (Å²) >= 11 is 0. The van der Waals surface area contributed by atoms with E-state index in [0.29, 0.717) is 35.0 Å². The summed E-state index contributed by atoms with van der Waals surface area (Å²) in [6.07, 6.45) is 9.13. The van der Waals surface area contributed by atoms with Gasteiger partial charge >= 0.3 is 0 Å². The van der Waals surface area contributed by atoms with Crippen molar-refractivity contribution in [3.8, 4) is 0 Å². The molecule has 4 aromatic rings. The van der Waals surface area contributed by atoms with Gasteiger partial charge in [-0.3, -0.25) is 9.36 Å². The van der Waals surface area contributed by atoms with E-state index >= 15 is 0 Å². The number of halogens is 1. The Morgan fingerprint density at radius 3 is 2.80 bits per heavy atom. The number of benzene rings is 1. The molecule has 11 nitrogen and oxygen atoms in total. The first-order valence-electron chi connectivity index (χ1n) is 11.3. The van der Waals surface area contributed by atoms with E-state index in [1.807, 2.05) is 4.57 Å². The zero-order valence-corrected chi connectivity index (χ0v) is 19.0.